The zero-order chi connectivity index (χ0) is 16.2. The van der Waals surface area contributed by atoms with Crippen molar-refractivity contribution in [3.8, 4) is 0 Å². The molecule has 0 unspecified atom stereocenters. The molecule has 0 aromatic heterocycles. The van der Waals surface area contributed by atoms with Crippen LogP contribution in [0.5, 0.6) is 0 Å². The molecule has 4 fully saturated rings. The molecule has 0 aromatic carbocycles. The SMILES string of the molecule is CC1=CC[C@H](CCNC(=O)C23CC4CC(CC(C4)C2)C3)C1(C)C. The van der Waals surface area contributed by atoms with E-state index in [1.165, 1.54) is 50.5 Å². The molecular formula is C21H33NO. The Morgan fingerprint density at radius 2 is 1.70 bits per heavy atom. The van der Waals surface area contributed by atoms with Gasteiger partial charge < -0.3 is 5.32 Å². The van der Waals surface area contributed by atoms with Crippen molar-refractivity contribution in [2.24, 2.45) is 34.5 Å². The highest BCUT2D eigenvalue weighted by atomic mass is 16.2. The summed E-state index contributed by atoms with van der Waals surface area (Å²) in [5, 5.41) is 3.36. The highest BCUT2D eigenvalue weighted by Crippen LogP contribution is 2.60. The molecule has 0 spiro atoms. The molecule has 0 aliphatic heterocycles. The minimum Gasteiger partial charge on any atom is -0.356 e. The molecule has 5 aliphatic rings. The summed E-state index contributed by atoms with van der Waals surface area (Å²) in [5.41, 5.74) is 1.86. The van der Waals surface area contributed by atoms with Gasteiger partial charge in [-0.25, -0.2) is 0 Å². The maximum absolute atomic E-state index is 13.0. The van der Waals surface area contributed by atoms with Crippen molar-refractivity contribution in [3.05, 3.63) is 11.6 Å². The maximum Gasteiger partial charge on any atom is 0.226 e. The van der Waals surface area contributed by atoms with Crippen LogP contribution in [0.1, 0.15) is 72.1 Å². The smallest absolute Gasteiger partial charge is 0.226 e. The van der Waals surface area contributed by atoms with E-state index in [1.807, 2.05) is 0 Å². The first-order valence-electron chi connectivity index (χ1n) is 9.84. The van der Waals surface area contributed by atoms with Gasteiger partial charge in [0.2, 0.25) is 5.91 Å². The van der Waals surface area contributed by atoms with Crippen molar-refractivity contribution in [2.45, 2.75) is 72.1 Å². The highest BCUT2D eigenvalue weighted by Gasteiger charge is 2.54. The van der Waals surface area contributed by atoms with Crippen LogP contribution in [0.3, 0.4) is 0 Å². The number of carbonyl (C=O) groups excluding carboxylic acids is 1. The number of carbonyl (C=O) groups is 1. The molecule has 128 valence electrons. The Bertz CT molecular complexity index is 495. The maximum atomic E-state index is 13.0. The van der Waals surface area contributed by atoms with Gasteiger partial charge in [0.15, 0.2) is 0 Å². The van der Waals surface area contributed by atoms with Crippen molar-refractivity contribution in [3.63, 3.8) is 0 Å². The summed E-state index contributed by atoms with van der Waals surface area (Å²) in [6.07, 6.45) is 12.5. The lowest BCUT2D eigenvalue weighted by Gasteiger charge is -2.55. The molecule has 23 heavy (non-hydrogen) atoms. The molecule has 2 heteroatoms. The topological polar surface area (TPSA) is 29.1 Å². The highest BCUT2D eigenvalue weighted by molar-refractivity contribution is 5.83. The van der Waals surface area contributed by atoms with Crippen LogP contribution >= 0.6 is 0 Å². The van der Waals surface area contributed by atoms with Gasteiger partial charge in [0.05, 0.1) is 0 Å². The van der Waals surface area contributed by atoms with E-state index in [4.69, 9.17) is 0 Å². The van der Waals surface area contributed by atoms with Gasteiger partial charge in [-0.1, -0.05) is 25.5 Å². The molecule has 4 bridgehead atoms. The van der Waals surface area contributed by atoms with Crippen molar-refractivity contribution in [1.29, 1.82) is 0 Å². The summed E-state index contributed by atoms with van der Waals surface area (Å²) in [4.78, 5) is 13.0. The van der Waals surface area contributed by atoms with E-state index >= 15 is 0 Å². The lowest BCUT2D eigenvalue weighted by Crippen LogP contribution is -2.53. The Labute approximate surface area is 141 Å². The number of rotatable bonds is 4. The molecule has 0 aromatic rings. The lowest BCUT2D eigenvalue weighted by atomic mass is 9.49. The largest absolute Gasteiger partial charge is 0.356 e. The first-order chi connectivity index (χ1) is 10.9. The van der Waals surface area contributed by atoms with Gasteiger partial charge in [0.1, 0.15) is 0 Å². The van der Waals surface area contributed by atoms with Crippen LogP contribution in [-0.2, 0) is 4.79 Å². The molecule has 0 heterocycles. The number of amides is 1. The van der Waals surface area contributed by atoms with Crippen LogP contribution in [0.15, 0.2) is 11.6 Å². The third kappa shape index (κ3) is 2.57. The van der Waals surface area contributed by atoms with E-state index in [0.29, 0.717) is 17.2 Å². The molecule has 2 nitrogen and oxygen atoms in total. The fourth-order valence-electron chi connectivity index (χ4n) is 6.61. The van der Waals surface area contributed by atoms with Crippen LogP contribution in [0.4, 0.5) is 0 Å². The van der Waals surface area contributed by atoms with Crippen molar-refractivity contribution in [1.82, 2.24) is 5.32 Å². The van der Waals surface area contributed by atoms with E-state index < -0.39 is 0 Å². The molecule has 4 saturated carbocycles. The average Bonchev–Trinajstić information content (AvgIpc) is 2.72. The molecule has 5 aliphatic carbocycles. The first kappa shape index (κ1) is 15.7. The monoisotopic (exact) mass is 315 g/mol. The zero-order valence-electron chi connectivity index (χ0n) is 15.2. The molecule has 1 N–H and O–H groups in total. The minimum atomic E-state index is 0.0219. The van der Waals surface area contributed by atoms with Crippen LogP contribution in [0.25, 0.3) is 0 Å². The normalized spacial score (nSPS) is 43.5. The quantitative estimate of drug-likeness (QED) is 0.748. The molecule has 1 amide bonds. The van der Waals surface area contributed by atoms with Gasteiger partial charge in [-0.3, -0.25) is 4.79 Å². The van der Waals surface area contributed by atoms with E-state index in [1.54, 1.807) is 0 Å². The van der Waals surface area contributed by atoms with E-state index in [0.717, 1.165) is 30.7 Å². The van der Waals surface area contributed by atoms with Crippen molar-refractivity contribution in [2.75, 3.05) is 6.54 Å². The van der Waals surface area contributed by atoms with Crippen LogP contribution in [0, 0.1) is 34.5 Å². The molecule has 0 radical (unpaired) electrons. The second-order valence-corrected chi connectivity index (χ2v) is 9.78. The first-order valence-corrected chi connectivity index (χ1v) is 9.84. The van der Waals surface area contributed by atoms with E-state index in [2.05, 4.69) is 32.2 Å². The summed E-state index contributed by atoms with van der Waals surface area (Å²) < 4.78 is 0. The van der Waals surface area contributed by atoms with Crippen LogP contribution in [-0.4, -0.2) is 12.5 Å². The standard InChI is InChI=1S/C21H33NO/c1-14-4-5-18(20(14,2)3)6-7-22-19(23)21-11-15-8-16(12-21)10-17(9-15)13-21/h4,15-18H,5-13H2,1-3H3,(H,22,23)/t15?,16?,17?,18-,21?/m1/s1. The summed E-state index contributed by atoms with van der Waals surface area (Å²) in [6.45, 7) is 7.85. The summed E-state index contributed by atoms with van der Waals surface area (Å²) >= 11 is 0. The number of allylic oxidation sites excluding steroid dienone is 2. The summed E-state index contributed by atoms with van der Waals surface area (Å²) in [6, 6.07) is 0. The Morgan fingerprint density at radius 1 is 1.13 bits per heavy atom. The number of nitrogens with one attached hydrogen (secondary N) is 1. The van der Waals surface area contributed by atoms with Gasteiger partial charge >= 0.3 is 0 Å². The van der Waals surface area contributed by atoms with E-state index in [-0.39, 0.29) is 5.41 Å². The molecule has 1 atom stereocenters. The summed E-state index contributed by atoms with van der Waals surface area (Å²) in [7, 11) is 0. The van der Waals surface area contributed by atoms with Crippen LogP contribution in [0.2, 0.25) is 0 Å². The Hall–Kier alpha value is -0.790. The number of hydrogen-bond acceptors (Lipinski definition) is 1. The second kappa shape index (κ2) is 5.36. The Morgan fingerprint density at radius 3 is 2.17 bits per heavy atom. The van der Waals surface area contributed by atoms with Crippen LogP contribution < -0.4 is 5.32 Å². The van der Waals surface area contributed by atoms with Crippen molar-refractivity contribution >= 4 is 5.91 Å². The minimum absolute atomic E-state index is 0.0219. The fourth-order valence-corrected chi connectivity index (χ4v) is 6.61. The summed E-state index contributed by atoms with van der Waals surface area (Å²) in [5.74, 6) is 3.66. The third-order valence-corrected chi connectivity index (χ3v) is 8.04. The molecule has 0 saturated heterocycles. The van der Waals surface area contributed by atoms with Gasteiger partial charge in [-0.05, 0) is 87.4 Å². The van der Waals surface area contributed by atoms with Gasteiger partial charge in [-0.15, -0.1) is 0 Å². The predicted molar refractivity (Wildman–Crippen MR) is 93.9 cm³/mol. The lowest BCUT2D eigenvalue weighted by molar-refractivity contribution is -0.146. The van der Waals surface area contributed by atoms with E-state index in [9.17, 15) is 4.79 Å². The molecular weight excluding hydrogens is 282 g/mol. The van der Waals surface area contributed by atoms with Gasteiger partial charge in [-0.2, -0.15) is 0 Å². The Balaban J connectivity index is 1.33. The zero-order valence-corrected chi connectivity index (χ0v) is 15.2. The van der Waals surface area contributed by atoms with Gasteiger partial charge in [0.25, 0.3) is 0 Å². The molecule has 5 rings (SSSR count). The fraction of sp³-hybridized carbons (Fsp3) is 0.857. The average molecular weight is 316 g/mol. The van der Waals surface area contributed by atoms with Gasteiger partial charge in [0, 0.05) is 12.0 Å². The second-order valence-electron chi connectivity index (χ2n) is 9.78. The number of hydrogen-bond donors (Lipinski definition) is 1. The predicted octanol–water partition coefficient (Wildman–Crippen LogP) is 4.70. The Kier molecular flexibility index (Phi) is 3.66. The van der Waals surface area contributed by atoms with Crippen molar-refractivity contribution < 1.29 is 4.79 Å². The third-order valence-electron chi connectivity index (χ3n) is 8.04.